The Kier molecular flexibility index (Phi) is 6.90. The summed E-state index contributed by atoms with van der Waals surface area (Å²) in [6.07, 6.45) is 5.20. The highest BCUT2D eigenvalue weighted by Gasteiger charge is 2.22. The number of nitrogens with one attached hydrogen (secondary N) is 2. The first-order chi connectivity index (χ1) is 13.3. The number of pyridine rings is 1. The number of ether oxygens (including phenoxy) is 2. The molecule has 1 aromatic heterocycles. The van der Waals surface area contributed by atoms with Gasteiger partial charge in [0.2, 0.25) is 5.88 Å². The highest BCUT2D eigenvalue weighted by molar-refractivity contribution is 5.79. The second-order valence-corrected chi connectivity index (χ2v) is 6.67. The number of nitrogens with zero attached hydrogens (tertiary/aromatic N) is 2. The van der Waals surface area contributed by atoms with Crippen LogP contribution in [0.5, 0.6) is 11.6 Å². The lowest BCUT2D eigenvalue weighted by Crippen LogP contribution is -2.37. The molecule has 1 saturated carbocycles. The van der Waals surface area contributed by atoms with Gasteiger partial charge in [-0.1, -0.05) is 18.2 Å². The van der Waals surface area contributed by atoms with Gasteiger partial charge in [0.05, 0.1) is 13.7 Å². The van der Waals surface area contributed by atoms with Crippen molar-refractivity contribution >= 4 is 5.96 Å². The first-order valence-corrected chi connectivity index (χ1v) is 9.42. The zero-order valence-corrected chi connectivity index (χ0v) is 16.1. The van der Waals surface area contributed by atoms with Crippen LogP contribution < -0.4 is 20.1 Å². The molecular formula is C21H28N4O2. The molecule has 0 amide bonds. The average molecular weight is 368 g/mol. The van der Waals surface area contributed by atoms with Crippen molar-refractivity contribution in [3.05, 3.63) is 53.7 Å². The van der Waals surface area contributed by atoms with Crippen molar-refractivity contribution in [2.45, 2.75) is 25.8 Å². The van der Waals surface area contributed by atoms with E-state index in [1.54, 1.807) is 20.4 Å². The SMILES string of the molecule is CN=C(NCCc1ccccc1OC)NCc1ccnc(OCC2CC2)c1. The number of para-hydroxylation sites is 1. The molecule has 0 bridgehead atoms. The monoisotopic (exact) mass is 368 g/mol. The second kappa shape index (κ2) is 9.80. The first-order valence-electron chi connectivity index (χ1n) is 9.42. The Hall–Kier alpha value is -2.76. The fourth-order valence-electron chi connectivity index (χ4n) is 2.76. The number of rotatable bonds is 9. The van der Waals surface area contributed by atoms with Gasteiger partial charge in [0.15, 0.2) is 5.96 Å². The van der Waals surface area contributed by atoms with Gasteiger partial charge in [-0.2, -0.15) is 0 Å². The average Bonchev–Trinajstić information content (AvgIpc) is 3.54. The van der Waals surface area contributed by atoms with Crippen molar-refractivity contribution in [2.24, 2.45) is 10.9 Å². The summed E-state index contributed by atoms with van der Waals surface area (Å²) >= 11 is 0. The molecule has 0 atom stereocenters. The largest absolute Gasteiger partial charge is 0.496 e. The molecule has 1 fully saturated rings. The minimum Gasteiger partial charge on any atom is -0.496 e. The molecule has 1 aliphatic carbocycles. The van der Waals surface area contributed by atoms with E-state index in [2.05, 4.69) is 26.7 Å². The van der Waals surface area contributed by atoms with Crippen LogP contribution in [0.15, 0.2) is 47.6 Å². The molecule has 0 radical (unpaired) electrons. The summed E-state index contributed by atoms with van der Waals surface area (Å²) in [6.45, 7) is 2.21. The normalized spacial score (nSPS) is 13.9. The van der Waals surface area contributed by atoms with Crippen LogP contribution in [0.4, 0.5) is 0 Å². The molecule has 0 aliphatic heterocycles. The highest BCUT2D eigenvalue weighted by Crippen LogP contribution is 2.29. The lowest BCUT2D eigenvalue weighted by atomic mass is 10.1. The molecule has 6 nitrogen and oxygen atoms in total. The second-order valence-electron chi connectivity index (χ2n) is 6.67. The molecule has 2 aromatic rings. The Labute approximate surface area is 161 Å². The van der Waals surface area contributed by atoms with Gasteiger partial charge in [0.1, 0.15) is 5.75 Å². The standard InChI is InChI=1S/C21H28N4O2/c1-22-21(24-12-10-18-5-3-4-6-19(18)26-2)25-14-17-9-11-23-20(13-17)27-15-16-7-8-16/h3-6,9,11,13,16H,7-8,10,12,14-15H2,1-2H3,(H2,22,24,25). The van der Waals surface area contributed by atoms with Gasteiger partial charge in [-0.05, 0) is 48.4 Å². The Morgan fingerprint density at radius 1 is 1.22 bits per heavy atom. The lowest BCUT2D eigenvalue weighted by Gasteiger charge is -2.13. The van der Waals surface area contributed by atoms with Gasteiger partial charge in [0.25, 0.3) is 0 Å². The molecule has 1 heterocycles. The molecule has 0 saturated heterocycles. The van der Waals surface area contributed by atoms with Gasteiger partial charge in [-0.15, -0.1) is 0 Å². The number of methoxy groups -OCH3 is 1. The molecule has 2 N–H and O–H groups in total. The van der Waals surface area contributed by atoms with Crippen LogP contribution in [0, 0.1) is 5.92 Å². The Morgan fingerprint density at radius 2 is 2.07 bits per heavy atom. The zero-order valence-electron chi connectivity index (χ0n) is 16.1. The van der Waals surface area contributed by atoms with Crippen LogP contribution in [-0.2, 0) is 13.0 Å². The van der Waals surface area contributed by atoms with Crippen molar-refractivity contribution in [1.82, 2.24) is 15.6 Å². The minimum atomic E-state index is 0.663. The summed E-state index contributed by atoms with van der Waals surface area (Å²) < 4.78 is 11.1. The zero-order chi connectivity index (χ0) is 18.9. The van der Waals surface area contributed by atoms with Crippen LogP contribution in [-0.4, -0.2) is 38.3 Å². The van der Waals surface area contributed by atoms with E-state index >= 15 is 0 Å². The summed E-state index contributed by atoms with van der Waals surface area (Å²) in [7, 11) is 3.47. The Balaban J connectivity index is 1.44. The maximum atomic E-state index is 5.74. The smallest absolute Gasteiger partial charge is 0.213 e. The molecule has 144 valence electrons. The summed E-state index contributed by atoms with van der Waals surface area (Å²) in [5.74, 6) is 3.10. The predicted octanol–water partition coefficient (Wildman–Crippen LogP) is 2.79. The molecular weight excluding hydrogens is 340 g/mol. The fourth-order valence-corrected chi connectivity index (χ4v) is 2.76. The highest BCUT2D eigenvalue weighted by atomic mass is 16.5. The summed E-state index contributed by atoms with van der Waals surface area (Å²) in [5, 5.41) is 6.67. The molecule has 0 spiro atoms. The van der Waals surface area contributed by atoms with E-state index < -0.39 is 0 Å². The quantitative estimate of drug-likeness (QED) is 0.526. The van der Waals surface area contributed by atoms with Crippen molar-refractivity contribution in [1.29, 1.82) is 0 Å². The van der Waals surface area contributed by atoms with E-state index in [4.69, 9.17) is 9.47 Å². The van der Waals surface area contributed by atoms with Crippen molar-refractivity contribution in [3.63, 3.8) is 0 Å². The fraction of sp³-hybridized carbons (Fsp3) is 0.429. The van der Waals surface area contributed by atoms with E-state index in [1.165, 1.54) is 18.4 Å². The number of guanidine groups is 1. The van der Waals surface area contributed by atoms with Crippen molar-refractivity contribution < 1.29 is 9.47 Å². The number of aromatic nitrogens is 1. The topological polar surface area (TPSA) is 67.8 Å². The number of hydrogen-bond donors (Lipinski definition) is 2. The lowest BCUT2D eigenvalue weighted by molar-refractivity contribution is 0.288. The third-order valence-corrected chi connectivity index (χ3v) is 4.53. The molecule has 6 heteroatoms. The summed E-state index contributed by atoms with van der Waals surface area (Å²) in [4.78, 5) is 8.56. The Bertz CT molecular complexity index is 759. The number of benzene rings is 1. The maximum Gasteiger partial charge on any atom is 0.213 e. The maximum absolute atomic E-state index is 5.74. The molecule has 1 aliphatic rings. The molecule has 0 unspecified atom stereocenters. The minimum absolute atomic E-state index is 0.663. The van der Waals surface area contributed by atoms with E-state index in [9.17, 15) is 0 Å². The van der Waals surface area contributed by atoms with Crippen LogP contribution in [0.1, 0.15) is 24.0 Å². The van der Waals surface area contributed by atoms with Crippen LogP contribution in [0.3, 0.4) is 0 Å². The Morgan fingerprint density at radius 3 is 2.85 bits per heavy atom. The van der Waals surface area contributed by atoms with Gasteiger partial charge in [-0.3, -0.25) is 4.99 Å². The van der Waals surface area contributed by atoms with Gasteiger partial charge in [-0.25, -0.2) is 4.98 Å². The number of hydrogen-bond acceptors (Lipinski definition) is 4. The van der Waals surface area contributed by atoms with Crippen molar-refractivity contribution in [2.75, 3.05) is 27.3 Å². The third kappa shape index (κ3) is 6.16. The van der Waals surface area contributed by atoms with Gasteiger partial charge < -0.3 is 20.1 Å². The summed E-state index contributed by atoms with van der Waals surface area (Å²) in [6, 6.07) is 12.0. The van der Waals surface area contributed by atoms with Gasteiger partial charge >= 0.3 is 0 Å². The molecule has 1 aromatic carbocycles. The number of aliphatic imine (C=N–C) groups is 1. The predicted molar refractivity (Wildman–Crippen MR) is 107 cm³/mol. The van der Waals surface area contributed by atoms with E-state index in [0.717, 1.165) is 42.8 Å². The van der Waals surface area contributed by atoms with Crippen LogP contribution in [0.2, 0.25) is 0 Å². The van der Waals surface area contributed by atoms with E-state index in [-0.39, 0.29) is 0 Å². The van der Waals surface area contributed by atoms with E-state index in [0.29, 0.717) is 12.4 Å². The first kappa shape index (κ1) is 19.0. The van der Waals surface area contributed by atoms with Crippen molar-refractivity contribution in [3.8, 4) is 11.6 Å². The van der Waals surface area contributed by atoms with E-state index in [1.807, 2.05) is 30.3 Å². The summed E-state index contributed by atoms with van der Waals surface area (Å²) in [5.41, 5.74) is 2.29. The molecule has 27 heavy (non-hydrogen) atoms. The van der Waals surface area contributed by atoms with Crippen LogP contribution >= 0.6 is 0 Å². The third-order valence-electron chi connectivity index (χ3n) is 4.53. The van der Waals surface area contributed by atoms with Gasteiger partial charge in [0, 0.05) is 32.4 Å². The molecule has 3 rings (SSSR count). The van der Waals surface area contributed by atoms with Crippen LogP contribution in [0.25, 0.3) is 0 Å².